The van der Waals surface area contributed by atoms with Crippen molar-refractivity contribution in [2.45, 2.75) is 33.8 Å². The number of amides is 1. The van der Waals surface area contributed by atoms with Gasteiger partial charge in [-0.3, -0.25) is 14.3 Å². The molecule has 0 aromatic carbocycles. The Labute approximate surface area is 99.9 Å². The number of nitrogens with zero attached hydrogens (tertiary/aromatic N) is 2. The molecule has 0 saturated heterocycles. The van der Waals surface area contributed by atoms with Crippen LogP contribution in [0.1, 0.15) is 25.2 Å². The molecule has 1 N–H and O–H groups in total. The zero-order valence-corrected chi connectivity index (χ0v) is 10.7. The van der Waals surface area contributed by atoms with Crippen LogP contribution in [-0.2, 0) is 21.4 Å². The topological polar surface area (TPSA) is 73.2 Å². The highest BCUT2D eigenvalue weighted by atomic mass is 16.5. The number of esters is 1. The normalized spacial score (nSPS) is 12.1. The van der Waals surface area contributed by atoms with E-state index in [1.165, 1.54) is 13.8 Å². The van der Waals surface area contributed by atoms with Gasteiger partial charge in [0.15, 0.2) is 6.10 Å². The molecule has 0 saturated carbocycles. The first-order valence-corrected chi connectivity index (χ1v) is 5.31. The Kier molecular flexibility index (Phi) is 3.88. The molecule has 0 spiro atoms. The number of hydrogen-bond donors (Lipinski definition) is 1. The van der Waals surface area contributed by atoms with Crippen LogP contribution in [0.2, 0.25) is 0 Å². The molecule has 1 aromatic heterocycles. The van der Waals surface area contributed by atoms with Gasteiger partial charge >= 0.3 is 5.97 Å². The lowest BCUT2D eigenvalue weighted by Crippen LogP contribution is -2.29. The zero-order valence-electron chi connectivity index (χ0n) is 10.7. The summed E-state index contributed by atoms with van der Waals surface area (Å²) in [6, 6.07) is 0. The third-order valence-corrected chi connectivity index (χ3v) is 2.47. The average Bonchev–Trinajstić information content (AvgIpc) is 2.44. The number of aryl methyl sites for hydroxylation is 2. The van der Waals surface area contributed by atoms with Crippen LogP contribution in [0.4, 0.5) is 5.69 Å². The van der Waals surface area contributed by atoms with Crippen LogP contribution in [0.5, 0.6) is 0 Å². The first-order valence-electron chi connectivity index (χ1n) is 5.31. The molecule has 1 heterocycles. The first-order chi connectivity index (χ1) is 7.82. The van der Waals surface area contributed by atoms with Crippen LogP contribution in [-0.4, -0.2) is 27.8 Å². The van der Waals surface area contributed by atoms with Gasteiger partial charge in [-0.1, -0.05) is 0 Å². The summed E-state index contributed by atoms with van der Waals surface area (Å²) < 4.78 is 6.47. The molecule has 1 rings (SSSR count). The predicted octanol–water partition coefficient (Wildman–Crippen LogP) is 0.927. The molecule has 17 heavy (non-hydrogen) atoms. The molecule has 6 heteroatoms. The van der Waals surface area contributed by atoms with E-state index in [-0.39, 0.29) is 5.91 Å². The number of carbonyl (C=O) groups is 2. The number of nitrogens with one attached hydrogen (secondary N) is 1. The molecule has 94 valence electrons. The summed E-state index contributed by atoms with van der Waals surface area (Å²) >= 11 is 0. The molecule has 0 aliphatic heterocycles. The smallest absolute Gasteiger partial charge is 0.303 e. The van der Waals surface area contributed by atoms with Gasteiger partial charge in [0.25, 0.3) is 5.91 Å². The standard InChI is InChI=1S/C11H17N3O3/c1-6-10(7(2)14(5)13-6)12-11(16)8(3)17-9(4)15/h8H,1-5H3,(H,12,16)/t8-/m0/s1. The van der Waals surface area contributed by atoms with Crippen LogP contribution < -0.4 is 5.32 Å². The number of aromatic nitrogens is 2. The lowest BCUT2D eigenvalue weighted by atomic mass is 10.3. The van der Waals surface area contributed by atoms with E-state index in [9.17, 15) is 9.59 Å². The van der Waals surface area contributed by atoms with E-state index in [4.69, 9.17) is 4.74 Å². The maximum absolute atomic E-state index is 11.7. The maximum Gasteiger partial charge on any atom is 0.303 e. The molecular formula is C11H17N3O3. The van der Waals surface area contributed by atoms with E-state index < -0.39 is 12.1 Å². The van der Waals surface area contributed by atoms with Gasteiger partial charge in [0.2, 0.25) is 0 Å². The second-order valence-corrected chi connectivity index (χ2v) is 3.91. The molecular weight excluding hydrogens is 222 g/mol. The van der Waals surface area contributed by atoms with Crippen molar-refractivity contribution in [1.82, 2.24) is 9.78 Å². The molecule has 0 fully saturated rings. The molecule has 0 unspecified atom stereocenters. The van der Waals surface area contributed by atoms with Crippen LogP contribution in [0.15, 0.2) is 0 Å². The van der Waals surface area contributed by atoms with Crippen molar-refractivity contribution in [2.24, 2.45) is 7.05 Å². The van der Waals surface area contributed by atoms with E-state index in [2.05, 4.69) is 10.4 Å². The second kappa shape index (κ2) is 4.99. The van der Waals surface area contributed by atoms with E-state index in [0.29, 0.717) is 5.69 Å². The highest BCUT2D eigenvalue weighted by Gasteiger charge is 2.19. The van der Waals surface area contributed by atoms with Crippen LogP contribution in [0.3, 0.4) is 0 Å². The number of hydrogen-bond acceptors (Lipinski definition) is 4. The zero-order chi connectivity index (χ0) is 13.2. The first kappa shape index (κ1) is 13.2. The average molecular weight is 239 g/mol. The van der Waals surface area contributed by atoms with Crippen molar-refractivity contribution in [3.8, 4) is 0 Å². The molecule has 1 amide bonds. The monoisotopic (exact) mass is 239 g/mol. The fraction of sp³-hybridized carbons (Fsp3) is 0.545. The third-order valence-electron chi connectivity index (χ3n) is 2.47. The van der Waals surface area contributed by atoms with Gasteiger partial charge in [-0.25, -0.2) is 0 Å². The highest BCUT2D eigenvalue weighted by molar-refractivity contribution is 5.95. The minimum atomic E-state index is -0.813. The number of ether oxygens (including phenoxy) is 1. The van der Waals surface area contributed by atoms with Crippen LogP contribution >= 0.6 is 0 Å². The van der Waals surface area contributed by atoms with E-state index in [1.807, 2.05) is 6.92 Å². The summed E-state index contributed by atoms with van der Waals surface area (Å²) in [6.45, 7) is 6.45. The fourth-order valence-electron chi connectivity index (χ4n) is 1.48. The Bertz CT molecular complexity index is 451. The number of rotatable bonds is 3. The molecule has 0 aliphatic rings. The van der Waals surface area contributed by atoms with Crippen molar-refractivity contribution < 1.29 is 14.3 Å². The Morgan fingerprint density at radius 3 is 2.41 bits per heavy atom. The van der Waals surface area contributed by atoms with Crippen molar-refractivity contribution in [3.63, 3.8) is 0 Å². The summed E-state index contributed by atoms with van der Waals surface area (Å²) in [5, 5.41) is 6.88. The number of anilines is 1. The van der Waals surface area contributed by atoms with Crippen molar-refractivity contribution in [2.75, 3.05) is 5.32 Å². The van der Waals surface area contributed by atoms with Gasteiger partial charge < -0.3 is 10.1 Å². The Hall–Kier alpha value is -1.85. The van der Waals surface area contributed by atoms with Gasteiger partial charge in [-0.2, -0.15) is 5.10 Å². The summed E-state index contributed by atoms with van der Waals surface area (Å²) in [6.07, 6.45) is -0.813. The van der Waals surface area contributed by atoms with Crippen LogP contribution in [0, 0.1) is 13.8 Å². The molecule has 1 aromatic rings. The van der Waals surface area contributed by atoms with Gasteiger partial charge in [0.05, 0.1) is 17.1 Å². The van der Waals surface area contributed by atoms with Crippen LogP contribution in [0.25, 0.3) is 0 Å². The Morgan fingerprint density at radius 2 is 2.00 bits per heavy atom. The second-order valence-electron chi connectivity index (χ2n) is 3.91. The van der Waals surface area contributed by atoms with Gasteiger partial charge in [-0.15, -0.1) is 0 Å². The summed E-state index contributed by atoms with van der Waals surface area (Å²) in [5.74, 6) is -0.841. The lowest BCUT2D eigenvalue weighted by Gasteiger charge is -2.12. The SMILES string of the molecule is CC(=O)O[C@@H](C)C(=O)Nc1c(C)nn(C)c1C. The number of carbonyl (C=O) groups excluding carboxylic acids is 2. The molecule has 0 radical (unpaired) electrons. The molecule has 0 aliphatic carbocycles. The van der Waals surface area contributed by atoms with Crippen molar-refractivity contribution >= 4 is 17.6 Å². The van der Waals surface area contributed by atoms with Gasteiger partial charge in [-0.05, 0) is 20.8 Å². The lowest BCUT2D eigenvalue weighted by molar-refractivity contribution is -0.150. The summed E-state index contributed by atoms with van der Waals surface area (Å²) in [5.41, 5.74) is 2.25. The van der Waals surface area contributed by atoms with Crippen molar-refractivity contribution in [3.05, 3.63) is 11.4 Å². The third kappa shape index (κ3) is 3.05. The highest BCUT2D eigenvalue weighted by Crippen LogP contribution is 2.18. The minimum Gasteiger partial charge on any atom is -0.453 e. The predicted molar refractivity (Wildman–Crippen MR) is 62.5 cm³/mol. The maximum atomic E-state index is 11.7. The van der Waals surface area contributed by atoms with E-state index in [0.717, 1.165) is 11.4 Å². The largest absolute Gasteiger partial charge is 0.453 e. The molecule has 0 bridgehead atoms. The van der Waals surface area contributed by atoms with E-state index in [1.54, 1.807) is 18.7 Å². The quantitative estimate of drug-likeness (QED) is 0.796. The fourth-order valence-corrected chi connectivity index (χ4v) is 1.48. The van der Waals surface area contributed by atoms with E-state index >= 15 is 0 Å². The Balaban J connectivity index is 2.77. The van der Waals surface area contributed by atoms with Crippen molar-refractivity contribution in [1.29, 1.82) is 0 Å². The molecule has 1 atom stereocenters. The summed E-state index contributed by atoms with van der Waals surface area (Å²) in [4.78, 5) is 22.5. The van der Waals surface area contributed by atoms with Gasteiger partial charge in [0.1, 0.15) is 0 Å². The van der Waals surface area contributed by atoms with Gasteiger partial charge in [0, 0.05) is 14.0 Å². The summed E-state index contributed by atoms with van der Waals surface area (Å²) in [7, 11) is 1.80. The Morgan fingerprint density at radius 1 is 1.41 bits per heavy atom. The molecule has 6 nitrogen and oxygen atoms in total. The minimum absolute atomic E-state index is 0.362.